The van der Waals surface area contributed by atoms with E-state index in [2.05, 4.69) is 30.8 Å². The summed E-state index contributed by atoms with van der Waals surface area (Å²) in [4.78, 5) is 27.5. The van der Waals surface area contributed by atoms with Crippen molar-refractivity contribution in [2.75, 3.05) is 30.8 Å². The van der Waals surface area contributed by atoms with Crippen molar-refractivity contribution in [1.29, 1.82) is 0 Å². The zero-order chi connectivity index (χ0) is 27.7. The number of carbonyl (C=O) groups excluding carboxylic acids is 1. The lowest BCUT2D eigenvalue weighted by atomic mass is 9.85. The predicted octanol–water partition coefficient (Wildman–Crippen LogP) is 3.48. The number of nitrogens with zero attached hydrogens (tertiary/aromatic N) is 4. The first-order valence-electron chi connectivity index (χ1n) is 12.6. The van der Waals surface area contributed by atoms with Crippen molar-refractivity contribution in [2.24, 2.45) is 0 Å². The number of anilines is 3. The van der Waals surface area contributed by atoms with Crippen LogP contribution in [0.3, 0.4) is 0 Å². The van der Waals surface area contributed by atoms with Gasteiger partial charge in [-0.15, -0.1) is 0 Å². The molecule has 1 aliphatic heterocycles. The summed E-state index contributed by atoms with van der Waals surface area (Å²) in [6.07, 6.45) is 0. The van der Waals surface area contributed by atoms with Crippen molar-refractivity contribution in [3.05, 3.63) is 87.6 Å². The van der Waals surface area contributed by atoms with Crippen LogP contribution >= 0.6 is 0 Å². The topological polar surface area (TPSA) is 128 Å². The molecule has 1 amide bonds. The zero-order valence-corrected chi connectivity index (χ0v) is 22.0. The van der Waals surface area contributed by atoms with E-state index in [0.717, 1.165) is 30.9 Å². The molecule has 0 saturated carbocycles. The van der Waals surface area contributed by atoms with E-state index in [1.54, 1.807) is 30.3 Å². The number of aromatic amines is 1. The lowest BCUT2D eigenvalue weighted by molar-refractivity contribution is 0.102. The van der Waals surface area contributed by atoms with Gasteiger partial charge in [0.2, 0.25) is 0 Å². The Labute approximate surface area is 224 Å². The minimum Gasteiger partial charge on any atom is -0.395 e. The smallest absolute Gasteiger partial charge is 0.287 e. The van der Waals surface area contributed by atoms with Crippen LogP contribution in [-0.4, -0.2) is 56.1 Å². The number of rotatable bonds is 7. The molecule has 0 unspecified atom stereocenters. The Hall–Kier alpha value is -4.35. The Morgan fingerprint density at radius 1 is 1.10 bits per heavy atom. The average Bonchev–Trinajstić information content (AvgIpc) is 3.32. The number of carbonyl (C=O) groups is 1. The van der Waals surface area contributed by atoms with E-state index in [0.29, 0.717) is 22.6 Å². The molecular formula is C28H30FN7O3. The fourth-order valence-electron chi connectivity index (χ4n) is 4.38. The van der Waals surface area contributed by atoms with Crippen molar-refractivity contribution >= 4 is 23.1 Å². The Kier molecular flexibility index (Phi) is 7.02. The molecule has 202 valence electrons. The van der Waals surface area contributed by atoms with Crippen LogP contribution in [0.4, 0.5) is 21.6 Å². The Balaban J connectivity index is 1.36. The molecule has 4 N–H and O–H groups in total. The average molecular weight is 532 g/mol. The number of halogens is 1. The summed E-state index contributed by atoms with van der Waals surface area (Å²) in [5.41, 5.74) is 2.50. The number of hydrogen-bond donors (Lipinski definition) is 4. The highest BCUT2D eigenvalue weighted by Gasteiger charge is 2.20. The van der Waals surface area contributed by atoms with Crippen molar-refractivity contribution in [1.82, 2.24) is 24.9 Å². The van der Waals surface area contributed by atoms with Gasteiger partial charge in [0, 0.05) is 35.7 Å². The van der Waals surface area contributed by atoms with Crippen molar-refractivity contribution in [3.63, 3.8) is 0 Å². The van der Waals surface area contributed by atoms with Gasteiger partial charge >= 0.3 is 0 Å². The third-order valence-corrected chi connectivity index (χ3v) is 6.89. The van der Waals surface area contributed by atoms with E-state index < -0.39 is 22.7 Å². The third kappa shape index (κ3) is 5.59. The molecule has 1 aliphatic rings. The zero-order valence-electron chi connectivity index (χ0n) is 22.0. The summed E-state index contributed by atoms with van der Waals surface area (Å²) in [5, 5.41) is 26.3. The SMILES string of the molecule is CN1CCn2nc(Nc3cc(-c4ccc(F)c(NC(=O)c5ccc(C(C)(C)CO)cc5)c4)n[nH]c3=O)cc2C1. The minimum absolute atomic E-state index is 0.0225. The summed E-state index contributed by atoms with van der Waals surface area (Å²) >= 11 is 0. The van der Waals surface area contributed by atoms with Crippen LogP contribution in [0.2, 0.25) is 0 Å². The van der Waals surface area contributed by atoms with Gasteiger partial charge in [0.05, 0.1) is 30.2 Å². The van der Waals surface area contributed by atoms with E-state index in [1.807, 2.05) is 31.6 Å². The molecule has 0 fully saturated rings. The Bertz CT molecular complexity index is 1580. The summed E-state index contributed by atoms with van der Waals surface area (Å²) < 4.78 is 16.6. The molecule has 4 aromatic rings. The number of nitrogens with one attached hydrogen (secondary N) is 3. The molecule has 3 heterocycles. The van der Waals surface area contributed by atoms with Gasteiger partial charge in [0.15, 0.2) is 5.82 Å². The highest BCUT2D eigenvalue weighted by atomic mass is 19.1. The molecule has 5 rings (SSSR count). The number of fused-ring (bicyclic) bond motifs is 1. The van der Waals surface area contributed by atoms with E-state index in [9.17, 15) is 19.1 Å². The van der Waals surface area contributed by atoms with Crippen molar-refractivity contribution < 1.29 is 14.3 Å². The first kappa shape index (κ1) is 26.3. The summed E-state index contributed by atoms with van der Waals surface area (Å²) in [6.45, 7) is 6.19. The number of likely N-dealkylation sites (N-methyl/N-ethyl adjacent to an activating group) is 1. The van der Waals surface area contributed by atoms with Gasteiger partial charge in [-0.2, -0.15) is 10.2 Å². The van der Waals surface area contributed by atoms with Gasteiger partial charge in [-0.1, -0.05) is 26.0 Å². The second-order valence-electron chi connectivity index (χ2n) is 10.4. The van der Waals surface area contributed by atoms with Gasteiger partial charge in [-0.3, -0.25) is 19.2 Å². The quantitative estimate of drug-likeness (QED) is 0.287. The maximum atomic E-state index is 14.7. The van der Waals surface area contributed by atoms with Crippen LogP contribution in [0, 0.1) is 5.82 Å². The fourth-order valence-corrected chi connectivity index (χ4v) is 4.38. The molecule has 11 heteroatoms. The second-order valence-corrected chi connectivity index (χ2v) is 10.4. The van der Waals surface area contributed by atoms with Gasteiger partial charge in [0.25, 0.3) is 11.5 Å². The molecule has 0 spiro atoms. The van der Waals surface area contributed by atoms with Gasteiger partial charge in [-0.05, 0) is 49.0 Å². The third-order valence-electron chi connectivity index (χ3n) is 6.89. The van der Waals surface area contributed by atoms with E-state index in [4.69, 9.17) is 0 Å². The Morgan fingerprint density at radius 3 is 2.62 bits per heavy atom. The molecule has 10 nitrogen and oxygen atoms in total. The molecule has 2 aromatic carbocycles. The lowest BCUT2D eigenvalue weighted by Crippen LogP contribution is -2.30. The number of aromatic nitrogens is 4. The number of amides is 1. The molecule has 0 bridgehead atoms. The molecule has 0 radical (unpaired) electrons. The first-order valence-corrected chi connectivity index (χ1v) is 12.6. The van der Waals surface area contributed by atoms with Crippen LogP contribution in [0.1, 0.15) is 35.5 Å². The molecule has 0 saturated heterocycles. The lowest BCUT2D eigenvalue weighted by Gasteiger charge is -2.22. The molecule has 0 aliphatic carbocycles. The summed E-state index contributed by atoms with van der Waals surface area (Å²) in [6, 6.07) is 14.5. The van der Waals surface area contributed by atoms with Crippen LogP contribution < -0.4 is 16.2 Å². The predicted molar refractivity (Wildman–Crippen MR) is 147 cm³/mol. The summed E-state index contributed by atoms with van der Waals surface area (Å²) in [5.74, 6) is -0.546. The second kappa shape index (κ2) is 10.4. The Morgan fingerprint density at radius 2 is 1.87 bits per heavy atom. The standard InChI is InChI=1S/C28H30FN7O3/c1-28(2,16-37)19-7-4-17(5-8-19)26(38)31-23-12-18(6-9-21(23)29)22-14-24(27(39)33-32-22)30-25-13-20-15-35(3)10-11-36(20)34-25/h4-9,12-14,37H,10-11,15-16H2,1-3H3,(H,31,38)(H,33,39)(H,30,32,34). The number of benzene rings is 2. The number of hydrogen-bond acceptors (Lipinski definition) is 7. The van der Waals surface area contributed by atoms with Crippen LogP contribution in [0.15, 0.2) is 59.4 Å². The van der Waals surface area contributed by atoms with E-state index in [1.165, 1.54) is 18.2 Å². The first-order chi connectivity index (χ1) is 18.6. The highest BCUT2D eigenvalue weighted by molar-refractivity contribution is 6.04. The van der Waals surface area contributed by atoms with Gasteiger partial charge in [0.1, 0.15) is 11.5 Å². The molecule has 39 heavy (non-hydrogen) atoms. The van der Waals surface area contributed by atoms with Gasteiger partial charge in [-0.25, -0.2) is 9.49 Å². The molecule has 2 aromatic heterocycles. The molecular weight excluding hydrogens is 501 g/mol. The number of H-pyrrole nitrogens is 1. The highest BCUT2D eigenvalue weighted by Crippen LogP contribution is 2.27. The van der Waals surface area contributed by atoms with E-state index in [-0.39, 0.29) is 18.0 Å². The van der Waals surface area contributed by atoms with E-state index >= 15 is 0 Å². The fraction of sp³-hybridized carbons (Fsp3) is 0.286. The van der Waals surface area contributed by atoms with Crippen LogP contribution in [-0.2, 0) is 18.5 Å². The van der Waals surface area contributed by atoms with Crippen LogP contribution in [0.25, 0.3) is 11.3 Å². The van der Waals surface area contributed by atoms with Crippen LogP contribution in [0.5, 0.6) is 0 Å². The normalized spacial score (nSPS) is 13.7. The largest absolute Gasteiger partial charge is 0.395 e. The summed E-state index contributed by atoms with van der Waals surface area (Å²) in [7, 11) is 2.04. The number of aliphatic hydroxyl groups excluding tert-OH is 1. The van der Waals surface area contributed by atoms with Gasteiger partial charge < -0.3 is 15.7 Å². The maximum absolute atomic E-state index is 14.7. The van der Waals surface area contributed by atoms with Crippen molar-refractivity contribution in [2.45, 2.75) is 32.4 Å². The van der Waals surface area contributed by atoms with Crippen molar-refractivity contribution in [3.8, 4) is 11.3 Å². The molecule has 0 atom stereocenters. The minimum atomic E-state index is -0.610. The maximum Gasteiger partial charge on any atom is 0.287 e. The number of aliphatic hydroxyl groups is 1. The monoisotopic (exact) mass is 531 g/mol.